The Labute approximate surface area is 243 Å². The van der Waals surface area contributed by atoms with Gasteiger partial charge in [0.15, 0.2) is 0 Å². The van der Waals surface area contributed by atoms with Crippen LogP contribution < -0.4 is 16.0 Å². The number of halogens is 1. The summed E-state index contributed by atoms with van der Waals surface area (Å²) < 4.78 is 0. The Bertz CT molecular complexity index is 1680. The minimum Gasteiger partial charge on any atom is -0.361 e. The van der Waals surface area contributed by atoms with E-state index in [0.29, 0.717) is 45.7 Å². The molecule has 0 aliphatic carbocycles. The Balaban J connectivity index is 1.22. The number of aromatic nitrogens is 3. The molecule has 0 saturated heterocycles. The molecule has 2 heterocycles. The lowest BCUT2D eigenvalue weighted by Crippen LogP contribution is -2.17. The maximum atomic E-state index is 12.9. The third kappa shape index (κ3) is 7.27. The predicted octanol–water partition coefficient (Wildman–Crippen LogP) is 6.55. The average Bonchev–Trinajstić information content (AvgIpc) is 3.42. The van der Waals surface area contributed by atoms with Crippen molar-refractivity contribution in [2.45, 2.75) is 12.8 Å². The van der Waals surface area contributed by atoms with Gasteiger partial charge in [0.2, 0.25) is 11.9 Å². The van der Waals surface area contributed by atoms with Gasteiger partial charge in [-0.25, -0.2) is 9.97 Å². The van der Waals surface area contributed by atoms with Crippen molar-refractivity contribution in [1.82, 2.24) is 19.9 Å². The first-order valence-corrected chi connectivity index (χ1v) is 13.5. The van der Waals surface area contributed by atoms with Gasteiger partial charge in [-0.2, -0.15) is 0 Å². The van der Waals surface area contributed by atoms with Crippen LogP contribution in [0.5, 0.6) is 0 Å². The molecule has 4 N–H and O–H groups in total. The van der Waals surface area contributed by atoms with Gasteiger partial charge < -0.3 is 25.8 Å². The van der Waals surface area contributed by atoms with Crippen molar-refractivity contribution in [3.05, 3.63) is 95.8 Å². The van der Waals surface area contributed by atoms with Crippen molar-refractivity contribution in [3.8, 4) is 11.3 Å². The third-order valence-electron chi connectivity index (χ3n) is 6.39. The van der Waals surface area contributed by atoms with Crippen LogP contribution in [0.3, 0.4) is 0 Å². The molecule has 0 aliphatic heterocycles. The van der Waals surface area contributed by atoms with Crippen LogP contribution in [0.4, 0.5) is 23.0 Å². The van der Waals surface area contributed by atoms with E-state index in [1.165, 1.54) is 0 Å². The first-order chi connectivity index (χ1) is 19.8. The lowest BCUT2D eigenvalue weighted by Gasteiger charge is -2.11. The fourth-order valence-electron chi connectivity index (χ4n) is 4.32. The van der Waals surface area contributed by atoms with Crippen LogP contribution in [0, 0.1) is 0 Å². The van der Waals surface area contributed by atoms with Gasteiger partial charge in [-0.3, -0.25) is 9.59 Å². The molecule has 2 amide bonds. The van der Waals surface area contributed by atoms with E-state index in [1.807, 2.05) is 61.6 Å². The van der Waals surface area contributed by atoms with E-state index in [-0.39, 0.29) is 11.8 Å². The van der Waals surface area contributed by atoms with E-state index in [2.05, 4.69) is 30.9 Å². The zero-order valence-corrected chi connectivity index (χ0v) is 23.5. The summed E-state index contributed by atoms with van der Waals surface area (Å²) in [6, 6.07) is 22.1. The monoisotopic (exact) mass is 567 g/mol. The number of benzene rings is 3. The second kappa shape index (κ2) is 12.6. The Hall–Kier alpha value is -4.73. The molecule has 0 radical (unpaired) electrons. The van der Waals surface area contributed by atoms with Crippen LogP contribution in [-0.2, 0) is 4.79 Å². The summed E-state index contributed by atoms with van der Waals surface area (Å²) in [6.07, 6.45) is 4.67. The first kappa shape index (κ1) is 27.8. The predicted molar refractivity (Wildman–Crippen MR) is 165 cm³/mol. The maximum absolute atomic E-state index is 12.9. The molecule has 0 unspecified atom stereocenters. The number of aromatic amines is 1. The minimum absolute atomic E-state index is 0.0493. The van der Waals surface area contributed by atoms with Gasteiger partial charge >= 0.3 is 0 Å². The van der Waals surface area contributed by atoms with Crippen molar-refractivity contribution in [2.75, 3.05) is 36.6 Å². The summed E-state index contributed by atoms with van der Waals surface area (Å²) >= 11 is 6.43. The molecule has 3 aromatic carbocycles. The zero-order valence-electron chi connectivity index (χ0n) is 22.7. The number of anilines is 4. The molecule has 0 fully saturated rings. The highest BCUT2D eigenvalue weighted by molar-refractivity contribution is 6.33. The highest BCUT2D eigenvalue weighted by Crippen LogP contribution is 2.29. The van der Waals surface area contributed by atoms with Gasteiger partial charge in [-0.1, -0.05) is 29.8 Å². The van der Waals surface area contributed by atoms with Crippen molar-refractivity contribution < 1.29 is 9.59 Å². The summed E-state index contributed by atoms with van der Waals surface area (Å²) in [5.74, 6) is 0.0568. The Morgan fingerprint density at radius 1 is 0.927 bits per heavy atom. The molecule has 0 bridgehead atoms. The van der Waals surface area contributed by atoms with Crippen LogP contribution in [0.25, 0.3) is 22.2 Å². The summed E-state index contributed by atoms with van der Waals surface area (Å²) in [7, 11) is 3.95. The summed E-state index contributed by atoms with van der Waals surface area (Å²) in [5.41, 5.74) is 4.89. The zero-order chi connectivity index (χ0) is 28.8. The van der Waals surface area contributed by atoms with Gasteiger partial charge in [0.25, 0.3) is 5.91 Å². The number of carbonyl (C=O) groups excluding carboxylic acids is 2. The summed E-state index contributed by atoms with van der Waals surface area (Å²) in [6.45, 7) is 0.849. The number of hydrogen-bond acceptors (Lipinski definition) is 6. The van der Waals surface area contributed by atoms with Crippen molar-refractivity contribution in [1.29, 1.82) is 0 Å². The molecule has 208 valence electrons. The quantitative estimate of drug-likeness (QED) is 0.152. The number of nitrogens with one attached hydrogen (secondary N) is 4. The molecule has 41 heavy (non-hydrogen) atoms. The third-order valence-corrected chi connectivity index (χ3v) is 6.67. The molecule has 5 rings (SSSR count). The fourth-order valence-corrected chi connectivity index (χ4v) is 4.52. The molecule has 2 aromatic heterocycles. The van der Waals surface area contributed by atoms with Crippen LogP contribution in [0.15, 0.2) is 85.2 Å². The van der Waals surface area contributed by atoms with Gasteiger partial charge in [0, 0.05) is 46.3 Å². The second-order valence-corrected chi connectivity index (χ2v) is 10.3. The van der Waals surface area contributed by atoms with Gasteiger partial charge in [0.05, 0.1) is 16.9 Å². The van der Waals surface area contributed by atoms with Crippen LogP contribution in [-0.4, -0.2) is 52.3 Å². The Morgan fingerprint density at radius 2 is 1.73 bits per heavy atom. The van der Waals surface area contributed by atoms with Crippen LogP contribution in [0.1, 0.15) is 23.2 Å². The minimum atomic E-state index is -0.268. The molecular weight excluding hydrogens is 538 g/mol. The van der Waals surface area contributed by atoms with E-state index < -0.39 is 0 Å². The van der Waals surface area contributed by atoms with Crippen LogP contribution in [0.2, 0.25) is 5.02 Å². The summed E-state index contributed by atoms with van der Waals surface area (Å²) in [5, 5.41) is 10.5. The largest absolute Gasteiger partial charge is 0.361 e. The maximum Gasteiger partial charge on any atom is 0.255 e. The molecule has 0 spiro atoms. The topological polar surface area (TPSA) is 115 Å². The molecule has 0 atom stereocenters. The van der Waals surface area contributed by atoms with E-state index >= 15 is 0 Å². The summed E-state index contributed by atoms with van der Waals surface area (Å²) in [4.78, 5) is 39.2. The number of nitrogens with zero attached hydrogens (tertiary/aromatic N) is 3. The number of carbonyl (C=O) groups is 2. The van der Waals surface area contributed by atoms with Gasteiger partial charge in [-0.15, -0.1) is 0 Å². The Kier molecular flexibility index (Phi) is 8.57. The molecule has 9 nitrogen and oxygen atoms in total. The lowest BCUT2D eigenvalue weighted by atomic mass is 10.1. The highest BCUT2D eigenvalue weighted by Gasteiger charge is 2.11. The first-order valence-electron chi connectivity index (χ1n) is 13.2. The Morgan fingerprint density at radius 3 is 2.54 bits per heavy atom. The highest BCUT2D eigenvalue weighted by atomic mass is 35.5. The molecule has 10 heteroatoms. The van der Waals surface area contributed by atoms with Crippen molar-refractivity contribution in [2.24, 2.45) is 0 Å². The number of amides is 2. The standard InChI is InChI=1S/C31H30ClN7O2/c1-39(2)16-4-7-28(40)35-23-12-10-21(11-13-23)30(41)36-24-5-3-6-25(18-24)37-31-34-19-26(32)29(38-31)22-9-8-20-14-15-33-27(20)17-22/h3,5-6,8-15,17-19,33H,4,7,16H2,1-2H3,(H,35,40)(H,36,41)(H,34,37,38). The van der Waals surface area contributed by atoms with Crippen molar-refractivity contribution >= 4 is 57.3 Å². The van der Waals surface area contributed by atoms with Gasteiger partial charge in [-0.05, 0) is 87.0 Å². The van der Waals surface area contributed by atoms with Gasteiger partial charge in [0.1, 0.15) is 0 Å². The van der Waals surface area contributed by atoms with E-state index in [1.54, 1.807) is 42.6 Å². The smallest absolute Gasteiger partial charge is 0.255 e. The molecule has 5 aromatic rings. The molecule has 0 saturated carbocycles. The van der Waals surface area contributed by atoms with E-state index in [0.717, 1.165) is 29.4 Å². The SMILES string of the molecule is CN(C)CCCC(=O)Nc1ccc(C(=O)Nc2cccc(Nc3ncc(Cl)c(-c4ccc5cc[nH]c5c4)n3)c2)cc1. The van der Waals surface area contributed by atoms with Crippen molar-refractivity contribution in [3.63, 3.8) is 0 Å². The number of H-pyrrole nitrogens is 1. The molecular formula is C31H30ClN7O2. The second-order valence-electron chi connectivity index (χ2n) is 9.86. The van der Waals surface area contributed by atoms with E-state index in [9.17, 15) is 9.59 Å². The van der Waals surface area contributed by atoms with Crippen LogP contribution >= 0.6 is 11.6 Å². The lowest BCUT2D eigenvalue weighted by molar-refractivity contribution is -0.116. The number of rotatable bonds is 10. The fraction of sp³-hybridized carbons (Fsp3) is 0.161. The number of fused-ring (bicyclic) bond motifs is 1. The average molecular weight is 568 g/mol. The normalized spacial score (nSPS) is 11.0. The number of hydrogen-bond donors (Lipinski definition) is 4. The molecule has 0 aliphatic rings. The van der Waals surface area contributed by atoms with E-state index in [4.69, 9.17) is 11.6 Å².